The Labute approximate surface area is 118 Å². The molecule has 0 aliphatic carbocycles. The molecule has 0 amide bonds. The molecular formula is C12H12N2O3S2. The molecule has 19 heavy (non-hydrogen) atoms. The van der Waals surface area contributed by atoms with E-state index in [-0.39, 0.29) is 11.7 Å². The van der Waals surface area contributed by atoms with Crippen LogP contribution in [-0.2, 0) is 9.47 Å². The Morgan fingerprint density at radius 1 is 1.47 bits per heavy atom. The number of hydrogen-bond donors (Lipinski definition) is 0. The van der Waals surface area contributed by atoms with Gasteiger partial charge in [-0.15, -0.1) is 22.7 Å². The van der Waals surface area contributed by atoms with Gasteiger partial charge in [0.2, 0.25) is 0 Å². The highest BCUT2D eigenvalue weighted by Crippen LogP contribution is 2.52. The van der Waals surface area contributed by atoms with Crippen molar-refractivity contribution in [2.24, 2.45) is 0 Å². The van der Waals surface area contributed by atoms with E-state index in [0.717, 1.165) is 14.9 Å². The molecule has 7 heteroatoms. The molecule has 1 unspecified atom stereocenters. The van der Waals surface area contributed by atoms with Crippen LogP contribution in [0.3, 0.4) is 0 Å². The van der Waals surface area contributed by atoms with Crippen molar-refractivity contribution in [3.63, 3.8) is 0 Å². The first kappa shape index (κ1) is 12.7. The maximum absolute atomic E-state index is 11.8. The standard InChI is InChI=1S/C12H12N2O3S2/c1-12(2)8(17-12)7-6(11(15)16-3)14-10(19-7)9-13-4-5-18-9/h4-5,8H,1-3H3. The van der Waals surface area contributed by atoms with Gasteiger partial charge in [-0.3, -0.25) is 0 Å². The highest BCUT2D eigenvalue weighted by atomic mass is 32.1. The molecule has 2 aromatic heterocycles. The van der Waals surface area contributed by atoms with Gasteiger partial charge in [-0.2, -0.15) is 0 Å². The summed E-state index contributed by atoms with van der Waals surface area (Å²) in [6, 6.07) is 0. The lowest BCUT2D eigenvalue weighted by Crippen LogP contribution is -2.06. The molecule has 1 aliphatic heterocycles. The lowest BCUT2D eigenvalue weighted by Gasteiger charge is -1.97. The molecule has 100 valence electrons. The molecule has 3 rings (SSSR count). The molecule has 1 aliphatic rings. The zero-order valence-corrected chi connectivity index (χ0v) is 12.3. The number of carbonyl (C=O) groups excluding carboxylic acids is 1. The number of ether oxygens (including phenoxy) is 2. The average Bonchev–Trinajstić information content (AvgIpc) is 2.87. The molecule has 0 saturated carbocycles. The lowest BCUT2D eigenvalue weighted by molar-refractivity contribution is 0.0593. The van der Waals surface area contributed by atoms with Crippen LogP contribution in [0, 0.1) is 0 Å². The molecule has 1 fully saturated rings. The number of aromatic nitrogens is 2. The minimum atomic E-state index is -0.430. The van der Waals surface area contributed by atoms with E-state index in [1.165, 1.54) is 29.8 Å². The summed E-state index contributed by atoms with van der Waals surface area (Å²) in [6.07, 6.45) is 1.63. The predicted molar refractivity (Wildman–Crippen MR) is 72.5 cm³/mol. The number of rotatable bonds is 3. The number of carbonyl (C=O) groups is 1. The van der Waals surface area contributed by atoms with Gasteiger partial charge in [-0.25, -0.2) is 14.8 Å². The van der Waals surface area contributed by atoms with Crippen molar-refractivity contribution in [3.8, 4) is 10.0 Å². The summed E-state index contributed by atoms with van der Waals surface area (Å²) in [5.74, 6) is -0.430. The minimum absolute atomic E-state index is 0.0900. The molecule has 3 heterocycles. The fourth-order valence-electron chi connectivity index (χ4n) is 1.81. The van der Waals surface area contributed by atoms with Gasteiger partial charge in [0.25, 0.3) is 0 Å². The van der Waals surface area contributed by atoms with Crippen LogP contribution in [0.4, 0.5) is 0 Å². The van der Waals surface area contributed by atoms with Gasteiger partial charge in [-0.1, -0.05) is 0 Å². The molecule has 0 spiro atoms. The van der Waals surface area contributed by atoms with Crippen molar-refractivity contribution < 1.29 is 14.3 Å². The third kappa shape index (κ3) is 2.18. The molecular weight excluding hydrogens is 284 g/mol. The van der Waals surface area contributed by atoms with Gasteiger partial charge in [0.05, 0.1) is 17.6 Å². The van der Waals surface area contributed by atoms with E-state index in [0.29, 0.717) is 5.69 Å². The van der Waals surface area contributed by atoms with Crippen LogP contribution >= 0.6 is 22.7 Å². The second kappa shape index (κ2) is 4.36. The largest absolute Gasteiger partial charge is 0.464 e. The minimum Gasteiger partial charge on any atom is -0.464 e. The summed E-state index contributed by atoms with van der Waals surface area (Å²) < 4.78 is 10.4. The third-order valence-electron chi connectivity index (χ3n) is 2.88. The number of nitrogens with zero attached hydrogens (tertiary/aromatic N) is 2. The summed E-state index contributed by atoms with van der Waals surface area (Å²) in [4.78, 5) is 21.2. The fourth-order valence-corrected chi connectivity index (χ4v) is 3.75. The summed E-state index contributed by atoms with van der Waals surface area (Å²) in [6.45, 7) is 3.98. The van der Waals surface area contributed by atoms with E-state index < -0.39 is 5.97 Å². The van der Waals surface area contributed by atoms with Crippen LogP contribution in [0.1, 0.15) is 35.3 Å². The van der Waals surface area contributed by atoms with E-state index in [4.69, 9.17) is 9.47 Å². The Hall–Kier alpha value is -1.31. The van der Waals surface area contributed by atoms with Crippen LogP contribution in [0.5, 0.6) is 0 Å². The summed E-state index contributed by atoms with van der Waals surface area (Å²) in [5.41, 5.74) is 0.100. The van der Waals surface area contributed by atoms with Gasteiger partial charge in [-0.05, 0) is 13.8 Å². The van der Waals surface area contributed by atoms with Gasteiger partial charge in [0, 0.05) is 11.6 Å². The Balaban J connectivity index is 2.04. The first-order chi connectivity index (χ1) is 9.03. The Bertz CT molecular complexity index is 619. The van der Waals surface area contributed by atoms with Gasteiger partial charge >= 0.3 is 5.97 Å². The Kier molecular flexibility index (Phi) is 2.92. The van der Waals surface area contributed by atoms with E-state index in [9.17, 15) is 4.79 Å². The maximum atomic E-state index is 11.8. The highest BCUT2D eigenvalue weighted by molar-refractivity contribution is 7.20. The lowest BCUT2D eigenvalue weighted by atomic mass is 10.1. The predicted octanol–water partition coefficient (Wildman–Crippen LogP) is 2.90. The van der Waals surface area contributed by atoms with Crippen molar-refractivity contribution in [2.45, 2.75) is 25.6 Å². The third-order valence-corrected chi connectivity index (χ3v) is 4.90. The first-order valence-electron chi connectivity index (χ1n) is 5.69. The normalized spacial score (nSPS) is 20.3. The maximum Gasteiger partial charge on any atom is 0.357 e. The summed E-state index contributed by atoms with van der Waals surface area (Å²) in [5, 5.41) is 3.42. The number of hydrogen-bond acceptors (Lipinski definition) is 7. The monoisotopic (exact) mass is 296 g/mol. The average molecular weight is 296 g/mol. The molecule has 0 N–H and O–H groups in total. The van der Waals surface area contributed by atoms with E-state index in [2.05, 4.69) is 9.97 Å². The van der Waals surface area contributed by atoms with Crippen LogP contribution in [0.2, 0.25) is 0 Å². The summed E-state index contributed by atoms with van der Waals surface area (Å²) in [7, 11) is 1.35. The van der Waals surface area contributed by atoms with Crippen molar-refractivity contribution in [3.05, 3.63) is 22.1 Å². The molecule has 0 aromatic carbocycles. The zero-order chi connectivity index (χ0) is 13.6. The first-order valence-corrected chi connectivity index (χ1v) is 7.39. The molecule has 5 nitrogen and oxygen atoms in total. The van der Waals surface area contributed by atoms with E-state index in [1.807, 2.05) is 19.2 Å². The quantitative estimate of drug-likeness (QED) is 0.643. The molecule has 0 radical (unpaired) electrons. The van der Waals surface area contributed by atoms with Crippen molar-refractivity contribution in [1.29, 1.82) is 0 Å². The number of esters is 1. The van der Waals surface area contributed by atoms with Gasteiger partial charge in [0.1, 0.15) is 6.10 Å². The van der Waals surface area contributed by atoms with Crippen molar-refractivity contribution in [1.82, 2.24) is 9.97 Å². The van der Waals surface area contributed by atoms with Crippen LogP contribution in [-0.4, -0.2) is 28.6 Å². The topological polar surface area (TPSA) is 64.6 Å². The van der Waals surface area contributed by atoms with Crippen LogP contribution in [0.25, 0.3) is 10.0 Å². The smallest absolute Gasteiger partial charge is 0.357 e. The van der Waals surface area contributed by atoms with E-state index >= 15 is 0 Å². The second-order valence-electron chi connectivity index (χ2n) is 4.66. The number of epoxide rings is 1. The van der Waals surface area contributed by atoms with Crippen LogP contribution in [0.15, 0.2) is 11.6 Å². The molecule has 1 atom stereocenters. The van der Waals surface area contributed by atoms with E-state index in [1.54, 1.807) is 6.20 Å². The van der Waals surface area contributed by atoms with Gasteiger partial charge < -0.3 is 9.47 Å². The summed E-state index contributed by atoms with van der Waals surface area (Å²) >= 11 is 2.94. The number of methoxy groups -OCH3 is 1. The fraction of sp³-hybridized carbons (Fsp3) is 0.417. The second-order valence-corrected chi connectivity index (χ2v) is 6.59. The molecule has 0 bridgehead atoms. The van der Waals surface area contributed by atoms with Crippen molar-refractivity contribution in [2.75, 3.05) is 7.11 Å². The van der Waals surface area contributed by atoms with Crippen LogP contribution < -0.4 is 0 Å². The Morgan fingerprint density at radius 3 is 2.74 bits per heavy atom. The number of thiazole rings is 2. The molecule has 1 saturated heterocycles. The SMILES string of the molecule is COC(=O)c1nc(-c2nccs2)sc1C1OC1(C)C. The highest BCUT2D eigenvalue weighted by Gasteiger charge is 2.52. The van der Waals surface area contributed by atoms with Crippen molar-refractivity contribution >= 4 is 28.6 Å². The molecule has 2 aromatic rings. The Morgan fingerprint density at radius 2 is 2.21 bits per heavy atom. The van der Waals surface area contributed by atoms with Gasteiger partial charge in [0.15, 0.2) is 15.7 Å². The zero-order valence-electron chi connectivity index (χ0n) is 10.7.